The van der Waals surface area contributed by atoms with Crippen LogP contribution >= 0.6 is 0 Å². The summed E-state index contributed by atoms with van der Waals surface area (Å²) in [6.45, 7) is 15.8. The maximum atomic E-state index is 2.64. The van der Waals surface area contributed by atoms with Crippen LogP contribution in [0.15, 0.2) is 218 Å². The van der Waals surface area contributed by atoms with Gasteiger partial charge in [0.25, 0.3) is 0 Å². The fourth-order valence-corrected chi connectivity index (χ4v) is 24.3. The lowest BCUT2D eigenvalue weighted by Crippen LogP contribution is -2.63. The number of fused-ring (bicyclic) bond motifs is 5. The first kappa shape index (κ1) is 40.4. The van der Waals surface area contributed by atoms with Crippen molar-refractivity contribution < 1.29 is 0 Å². The molecule has 0 radical (unpaired) electrons. The summed E-state index contributed by atoms with van der Waals surface area (Å²) in [5, 5.41) is 2.56. The standard InChI is InChI=1S/C59H54N2Si2/c1-62(2,3)59(63(4,5)6)53-41-47(60(45-29-15-9-16-30-45)55-37-23-21-33-48(55)43-25-11-7-12-26-43)39-40-52(53)58-51-36-20-19-35-50(51)57(42-54(58)59)61(46-31-17-10-18-32-46)56-38-24-22-34-49(56)44-27-13-8-14-28-44/h7-42H,1-6H3. The lowest BCUT2D eigenvalue weighted by Gasteiger charge is -2.51. The summed E-state index contributed by atoms with van der Waals surface area (Å²) in [7, 11) is -4.27. The summed E-state index contributed by atoms with van der Waals surface area (Å²) >= 11 is 0. The van der Waals surface area contributed by atoms with Crippen LogP contribution in [0.2, 0.25) is 39.3 Å². The van der Waals surface area contributed by atoms with E-state index in [4.69, 9.17) is 0 Å². The van der Waals surface area contributed by atoms with Gasteiger partial charge < -0.3 is 9.80 Å². The lowest BCUT2D eigenvalue weighted by atomic mass is 9.94. The van der Waals surface area contributed by atoms with E-state index in [0.29, 0.717) is 0 Å². The minimum absolute atomic E-state index is 0.137. The lowest BCUT2D eigenvalue weighted by molar-refractivity contribution is 0.952. The van der Waals surface area contributed by atoms with Gasteiger partial charge in [-0.2, -0.15) is 0 Å². The summed E-state index contributed by atoms with van der Waals surface area (Å²) in [5.74, 6) is 0. The molecule has 0 heterocycles. The molecule has 4 heteroatoms. The summed E-state index contributed by atoms with van der Waals surface area (Å²) in [6.07, 6.45) is 0. The number of nitrogens with zero attached hydrogens (tertiary/aromatic N) is 2. The number of hydrogen-bond donors (Lipinski definition) is 0. The van der Waals surface area contributed by atoms with E-state index in [9.17, 15) is 0 Å². The van der Waals surface area contributed by atoms with E-state index in [-0.39, 0.29) is 4.66 Å². The zero-order chi connectivity index (χ0) is 43.3. The van der Waals surface area contributed by atoms with Gasteiger partial charge in [-0.05, 0) is 93.4 Å². The second-order valence-corrected chi connectivity index (χ2v) is 30.0. The number of hydrogen-bond acceptors (Lipinski definition) is 2. The predicted molar refractivity (Wildman–Crippen MR) is 277 cm³/mol. The third-order valence-electron chi connectivity index (χ3n) is 13.3. The van der Waals surface area contributed by atoms with Crippen LogP contribution in [0.3, 0.4) is 0 Å². The van der Waals surface area contributed by atoms with Gasteiger partial charge in [-0.25, -0.2) is 0 Å². The van der Waals surface area contributed by atoms with Crippen LogP contribution in [0.1, 0.15) is 11.1 Å². The second-order valence-electron chi connectivity index (χ2n) is 19.0. The van der Waals surface area contributed by atoms with Crippen molar-refractivity contribution in [3.63, 3.8) is 0 Å². The molecule has 1 aliphatic carbocycles. The van der Waals surface area contributed by atoms with E-state index in [1.54, 1.807) is 0 Å². The summed E-state index contributed by atoms with van der Waals surface area (Å²) in [4.78, 5) is 5.03. The van der Waals surface area contributed by atoms with Crippen LogP contribution in [0.5, 0.6) is 0 Å². The molecule has 0 atom stereocenters. The maximum absolute atomic E-state index is 2.64. The topological polar surface area (TPSA) is 6.48 Å². The van der Waals surface area contributed by atoms with E-state index in [1.807, 2.05) is 0 Å². The van der Waals surface area contributed by atoms with Gasteiger partial charge >= 0.3 is 0 Å². The molecule has 10 rings (SSSR count). The molecule has 0 aromatic heterocycles. The Morgan fingerprint density at radius 2 is 0.746 bits per heavy atom. The van der Waals surface area contributed by atoms with Crippen molar-refractivity contribution in [3.8, 4) is 33.4 Å². The Morgan fingerprint density at radius 1 is 0.317 bits per heavy atom. The Morgan fingerprint density at radius 3 is 1.27 bits per heavy atom. The van der Waals surface area contributed by atoms with Gasteiger partial charge in [-0.3, -0.25) is 0 Å². The van der Waals surface area contributed by atoms with Gasteiger partial charge in [-0.1, -0.05) is 203 Å². The maximum Gasteiger partial charge on any atom is 0.0579 e. The number of benzene rings is 9. The van der Waals surface area contributed by atoms with E-state index in [0.717, 1.165) is 11.4 Å². The van der Waals surface area contributed by atoms with Crippen LogP contribution in [0.4, 0.5) is 34.1 Å². The van der Waals surface area contributed by atoms with Gasteiger partial charge in [0.2, 0.25) is 0 Å². The first-order chi connectivity index (χ1) is 30.6. The highest BCUT2D eigenvalue weighted by atomic mass is 28.4. The van der Waals surface area contributed by atoms with Crippen molar-refractivity contribution in [2.24, 2.45) is 0 Å². The first-order valence-corrected chi connectivity index (χ1v) is 29.3. The van der Waals surface area contributed by atoms with Crippen LogP contribution in [-0.4, -0.2) is 16.1 Å². The summed E-state index contributed by atoms with van der Waals surface area (Å²) < 4.78 is -0.137. The molecule has 2 nitrogen and oxygen atoms in total. The molecule has 1 aliphatic rings. The van der Waals surface area contributed by atoms with Crippen molar-refractivity contribution in [2.75, 3.05) is 9.80 Å². The molecule has 0 aliphatic heterocycles. The van der Waals surface area contributed by atoms with Crippen molar-refractivity contribution in [2.45, 2.75) is 43.9 Å². The Bertz CT molecular complexity index is 3060. The molecule has 0 saturated carbocycles. The van der Waals surface area contributed by atoms with Gasteiger partial charge in [0, 0.05) is 38.2 Å². The molecular formula is C59H54N2Si2. The minimum atomic E-state index is -2.13. The Labute approximate surface area is 375 Å². The van der Waals surface area contributed by atoms with E-state index in [2.05, 4.69) is 267 Å². The van der Waals surface area contributed by atoms with Crippen LogP contribution in [0, 0.1) is 0 Å². The van der Waals surface area contributed by atoms with Crippen molar-refractivity contribution in [3.05, 3.63) is 230 Å². The molecule has 9 aromatic rings. The molecule has 0 bridgehead atoms. The highest BCUT2D eigenvalue weighted by Gasteiger charge is 2.60. The van der Waals surface area contributed by atoms with Crippen LogP contribution in [-0.2, 0) is 4.66 Å². The highest BCUT2D eigenvalue weighted by Crippen LogP contribution is 2.62. The monoisotopic (exact) mass is 846 g/mol. The third-order valence-corrected chi connectivity index (χ3v) is 23.4. The Balaban J connectivity index is 1.28. The average molecular weight is 847 g/mol. The molecule has 9 aromatic carbocycles. The molecule has 63 heavy (non-hydrogen) atoms. The molecule has 0 unspecified atom stereocenters. The highest BCUT2D eigenvalue weighted by molar-refractivity contribution is 6.99. The summed E-state index contributed by atoms with van der Waals surface area (Å²) in [5.41, 5.74) is 17.6. The normalized spacial score (nSPS) is 13.0. The van der Waals surface area contributed by atoms with Crippen molar-refractivity contribution >= 4 is 61.0 Å². The van der Waals surface area contributed by atoms with Gasteiger partial charge in [0.1, 0.15) is 0 Å². The fraction of sp³-hybridized carbons (Fsp3) is 0.119. The number of para-hydroxylation sites is 4. The minimum Gasteiger partial charge on any atom is -0.310 e. The number of rotatable bonds is 10. The van der Waals surface area contributed by atoms with E-state index < -0.39 is 16.1 Å². The van der Waals surface area contributed by atoms with Crippen LogP contribution < -0.4 is 9.80 Å². The van der Waals surface area contributed by atoms with Crippen molar-refractivity contribution in [1.82, 2.24) is 0 Å². The molecule has 308 valence electrons. The molecule has 0 N–H and O–H groups in total. The zero-order valence-corrected chi connectivity index (χ0v) is 39.2. The van der Waals surface area contributed by atoms with E-state index >= 15 is 0 Å². The van der Waals surface area contributed by atoms with Crippen molar-refractivity contribution in [1.29, 1.82) is 0 Å². The zero-order valence-electron chi connectivity index (χ0n) is 37.2. The summed E-state index contributed by atoms with van der Waals surface area (Å²) in [6, 6.07) is 80.7. The molecule has 0 fully saturated rings. The third kappa shape index (κ3) is 6.68. The quantitative estimate of drug-likeness (QED) is 0.127. The Hall–Kier alpha value is -6.73. The van der Waals surface area contributed by atoms with Gasteiger partial charge in [0.05, 0.1) is 33.2 Å². The molecule has 0 saturated heterocycles. The van der Waals surface area contributed by atoms with Gasteiger partial charge in [0.15, 0.2) is 0 Å². The van der Waals surface area contributed by atoms with Gasteiger partial charge in [-0.15, -0.1) is 0 Å². The predicted octanol–water partition coefficient (Wildman–Crippen LogP) is 17.1. The SMILES string of the molecule is C[Si](C)(C)C1([Si](C)(C)C)c2cc(N(c3ccccc3)c3ccccc3-c3ccccc3)ccc2-c2c1cc(N(c1ccccc1)c1ccccc1-c1ccccc1)c1ccccc21. The smallest absolute Gasteiger partial charge is 0.0579 e. The second kappa shape index (κ2) is 15.9. The molecule has 0 amide bonds. The fourth-order valence-electron chi connectivity index (χ4n) is 11.3. The first-order valence-electron chi connectivity index (χ1n) is 22.3. The average Bonchev–Trinajstić information content (AvgIpc) is 3.62. The van der Waals surface area contributed by atoms with E-state index in [1.165, 1.54) is 78.0 Å². The number of anilines is 6. The Kier molecular flexibility index (Phi) is 10.2. The molecule has 0 spiro atoms. The van der Waals surface area contributed by atoms with Crippen LogP contribution in [0.25, 0.3) is 44.2 Å². The molecular weight excluding hydrogens is 793 g/mol. The largest absolute Gasteiger partial charge is 0.310 e.